The van der Waals surface area contributed by atoms with Crippen molar-refractivity contribution in [3.63, 3.8) is 0 Å². The molecule has 0 fully saturated rings. The fourth-order valence-corrected chi connectivity index (χ4v) is 4.01. The molecule has 0 radical (unpaired) electrons. The number of aliphatic hydroxyl groups is 2. The number of fused-ring (bicyclic) bond motifs is 1. The van der Waals surface area contributed by atoms with Crippen molar-refractivity contribution in [1.29, 1.82) is 5.26 Å². The van der Waals surface area contributed by atoms with Gasteiger partial charge < -0.3 is 24.4 Å². The molecule has 0 bridgehead atoms. The number of benzene rings is 2. The van der Waals surface area contributed by atoms with E-state index >= 15 is 0 Å². The highest BCUT2D eigenvalue weighted by Gasteiger charge is 2.19. The van der Waals surface area contributed by atoms with Gasteiger partial charge in [-0.05, 0) is 62.1 Å². The van der Waals surface area contributed by atoms with Gasteiger partial charge in [0.05, 0.1) is 24.4 Å². The van der Waals surface area contributed by atoms with E-state index in [0.29, 0.717) is 35.1 Å². The summed E-state index contributed by atoms with van der Waals surface area (Å²) in [5, 5.41) is 32.5. The predicted octanol–water partition coefficient (Wildman–Crippen LogP) is 2.82. The Morgan fingerprint density at radius 3 is 2.61 bits per heavy atom. The topological polar surface area (TPSA) is 116 Å². The molecule has 1 aliphatic heterocycles. The van der Waals surface area contributed by atoms with Crippen molar-refractivity contribution in [2.45, 2.75) is 38.9 Å². The molecule has 1 aliphatic rings. The molecule has 1 atom stereocenters. The van der Waals surface area contributed by atoms with Gasteiger partial charge >= 0.3 is 0 Å². The van der Waals surface area contributed by atoms with E-state index in [1.807, 2.05) is 26.0 Å². The zero-order valence-electron chi connectivity index (χ0n) is 18.9. The molecule has 4 rings (SSSR count). The van der Waals surface area contributed by atoms with Gasteiger partial charge in [0.15, 0.2) is 0 Å². The molecule has 0 unspecified atom stereocenters. The number of nitriles is 1. The SMILES string of the molecule is CC(C)Oc1ccc(-c2nc(-c3ccc4c(c3)CCN(C[C@@H](O)CO)CC4)no2)cc1C#N. The van der Waals surface area contributed by atoms with E-state index in [0.717, 1.165) is 31.5 Å². The van der Waals surface area contributed by atoms with Crippen LogP contribution in [0.5, 0.6) is 5.75 Å². The van der Waals surface area contributed by atoms with Crippen LogP contribution in [-0.4, -0.2) is 63.7 Å². The minimum absolute atomic E-state index is 0.0296. The number of aliphatic hydroxyl groups excluding tert-OH is 2. The molecule has 1 aromatic heterocycles. The average Bonchev–Trinajstić information content (AvgIpc) is 3.22. The third kappa shape index (κ3) is 5.40. The van der Waals surface area contributed by atoms with Crippen molar-refractivity contribution in [3.05, 3.63) is 53.1 Å². The van der Waals surface area contributed by atoms with Gasteiger partial charge in [-0.2, -0.15) is 10.2 Å². The largest absolute Gasteiger partial charge is 0.490 e. The van der Waals surface area contributed by atoms with Gasteiger partial charge in [-0.1, -0.05) is 17.3 Å². The molecule has 0 amide bonds. The summed E-state index contributed by atoms with van der Waals surface area (Å²) in [6.07, 6.45) is 0.979. The zero-order valence-corrected chi connectivity index (χ0v) is 18.9. The highest BCUT2D eigenvalue weighted by atomic mass is 16.5. The van der Waals surface area contributed by atoms with Gasteiger partial charge in [0.2, 0.25) is 5.82 Å². The Balaban J connectivity index is 1.53. The smallest absolute Gasteiger partial charge is 0.258 e. The van der Waals surface area contributed by atoms with Crippen LogP contribution in [0.15, 0.2) is 40.9 Å². The van der Waals surface area contributed by atoms with Gasteiger partial charge in [-0.15, -0.1) is 0 Å². The first-order valence-electron chi connectivity index (χ1n) is 11.1. The Kier molecular flexibility index (Phi) is 7.04. The van der Waals surface area contributed by atoms with Gasteiger partial charge in [0, 0.05) is 30.8 Å². The van der Waals surface area contributed by atoms with E-state index in [4.69, 9.17) is 14.4 Å². The van der Waals surface area contributed by atoms with E-state index in [1.165, 1.54) is 11.1 Å². The number of hydrogen-bond donors (Lipinski definition) is 2. The molecular weight excluding hydrogens is 420 g/mol. The summed E-state index contributed by atoms with van der Waals surface area (Å²) in [4.78, 5) is 6.73. The van der Waals surface area contributed by atoms with Crippen LogP contribution in [0.2, 0.25) is 0 Å². The Bertz CT molecular complexity index is 1150. The molecule has 8 nitrogen and oxygen atoms in total. The lowest BCUT2D eigenvalue weighted by molar-refractivity contribution is 0.0605. The summed E-state index contributed by atoms with van der Waals surface area (Å²) in [6, 6.07) is 13.6. The molecule has 2 heterocycles. The molecule has 2 N–H and O–H groups in total. The first kappa shape index (κ1) is 22.9. The molecule has 33 heavy (non-hydrogen) atoms. The minimum atomic E-state index is -0.716. The van der Waals surface area contributed by atoms with Crippen molar-refractivity contribution < 1.29 is 19.5 Å². The maximum Gasteiger partial charge on any atom is 0.258 e. The average molecular weight is 449 g/mol. The highest BCUT2D eigenvalue weighted by molar-refractivity contribution is 5.64. The number of rotatable bonds is 7. The number of ether oxygens (including phenoxy) is 1. The predicted molar refractivity (Wildman–Crippen MR) is 123 cm³/mol. The monoisotopic (exact) mass is 448 g/mol. The number of hydrogen-bond acceptors (Lipinski definition) is 8. The Hall–Kier alpha value is -3.25. The molecule has 2 aromatic carbocycles. The van der Waals surface area contributed by atoms with Crippen LogP contribution >= 0.6 is 0 Å². The van der Waals surface area contributed by atoms with E-state index in [-0.39, 0.29) is 12.7 Å². The normalized spacial score (nSPS) is 15.0. The van der Waals surface area contributed by atoms with E-state index < -0.39 is 6.10 Å². The fourth-order valence-electron chi connectivity index (χ4n) is 4.01. The molecule has 172 valence electrons. The van der Waals surface area contributed by atoms with Gasteiger partial charge in [-0.25, -0.2) is 0 Å². The van der Waals surface area contributed by atoms with E-state index in [2.05, 4.69) is 33.2 Å². The summed E-state index contributed by atoms with van der Waals surface area (Å²) >= 11 is 0. The van der Waals surface area contributed by atoms with Gasteiger partial charge in [0.1, 0.15) is 11.8 Å². The standard InChI is InChI=1S/C25H28N4O4/c1-16(2)32-23-6-5-20(12-21(23)13-26)25-27-24(28-33-25)19-4-3-17-7-9-29(14-22(31)15-30)10-8-18(17)11-19/h3-6,11-12,16,22,30-31H,7-10,14-15H2,1-2H3/t22-/m1/s1. The van der Waals surface area contributed by atoms with Crippen LogP contribution in [0.1, 0.15) is 30.5 Å². The van der Waals surface area contributed by atoms with E-state index in [1.54, 1.807) is 12.1 Å². The molecular formula is C25H28N4O4. The molecule has 3 aromatic rings. The second-order valence-corrected chi connectivity index (χ2v) is 8.53. The molecule has 0 saturated heterocycles. The van der Waals surface area contributed by atoms with E-state index in [9.17, 15) is 10.4 Å². The van der Waals surface area contributed by atoms with Crippen LogP contribution in [0.4, 0.5) is 0 Å². The van der Waals surface area contributed by atoms with Crippen LogP contribution in [0.25, 0.3) is 22.8 Å². The lowest BCUT2D eigenvalue weighted by Gasteiger charge is -2.21. The summed E-state index contributed by atoms with van der Waals surface area (Å²) in [7, 11) is 0. The molecule has 0 aliphatic carbocycles. The van der Waals surface area contributed by atoms with Gasteiger partial charge in [0.25, 0.3) is 5.89 Å². The Morgan fingerprint density at radius 2 is 1.88 bits per heavy atom. The molecule has 0 saturated carbocycles. The van der Waals surface area contributed by atoms with Crippen molar-refractivity contribution >= 4 is 0 Å². The third-order valence-electron chi connectivity index (χ3n) is 5.67. The number of aromatic nitrogens is 2. The summed E-state index contributed by atoms with van der Waals surface area (Å²) in [6.45, 7) is 5.72. The zero-order chi connectivity index (χ0) is 23.4. The minimum Gasteiger partial charge on any atom is -0.490 e. The number of β-amino-alcohol motifs (C(OH)–C–C–N with tert-alkyl or cyclic N) is 1. The number of nitrogens with zero attached hydrogens (tertiary/aromatic N) is 4. The van der Waals surface area contributed by atoms with Crippen LogP contribution in [0, 0.1) is 11.3 Å². The van der Waals surface area contributed by atoms with Crippen molar-refractivity contribution in [1.82, 2.24) is 15.0 Å². The van der Waals surface area contributed by atoms with Gasteiger partial charge in [-0.3, -0.25) is 0 Å². The summed E-state index contributed by atoms with van der Waals surface area (Å²) < 4.78 is 11.2. The highest BCUT2D eigenvalue weighted by Crippen LogP contribution is 2.29. The maximum absolute atomic E-state index is 9.75. The van der Waals surface area contributed by atoms with Crippen molar-refractivity contribution in [2.24, 2.45) is 0 Å². The van der Waals surface area contributed by atoms with Crippen LogP contribution in [0.3, 0.4) is 0 Å². The second-order valence-electron chi connectivity index (χ2n) is 8.53. The first-order valence-corrected chi connectivity index (χ1v) is 11.1. The van der Waals surface area contributed by atoms with Crippen LogP contribution < -0.4 is 4.74 Å². The maximum atomic E-state index is 9.75. The van der Waals surface area contributed by atoms with Crippen molar-refractivity contribution in [2.75, 3.05) is 26.2 Å². The lowest BCUT2D eigenvalue weighted by atomic mass is 10.00. The Labute approximate surface area is 193 Å². The summed E-state index contributed by atoms with van der Waals surface area (Å²) in [5.41, 5.74) is 4.44. The molecule has 8 heteroatoms. The lowest BCUT2D eigenvalue weighted by Crippen LogP contribution is -2.35. The Morgan fingerprint density at radius 1 is 1.12 bits per heavy atom. The second kappa shape index (κ2) is 10.1. The van der Waals surface area contributed by atoms with Crippen LogP contribution in [-0.2, 0) is 12.8 Å². The quantitative estimate of drug-likeness (QED) is 0.567. The third-order valence-corrected chi connectivity index (χ3v) is 5.67. The fraction of sp³-hybridized carbons (Fsp3) is 0.400. The molecule has 0 spiro atoms. The first-order chi connectivity index (χ1) is 16.0. The van der Waals surface area contributed by atoms with Crippen molar-refractivity contribution in [3.8, 4) is 34.7 Å². The summed E-state index contributed by atoms with van der Waals surface area (Å²) in [5.74, 6) is 1.37.